The van der Waals surface area contributed by atoms with Crippen molar-refractivity contribution in [3.8, 4) is 0 Å². The van der Waals surface area contributed by atoms with Crippen LogP contribution < -0.4 is 5.32 Å². The number of hydrogen-bond donors (Lipinski definition) is 1. The van der Waals surface area contributed by atoms with Gasteiger partial charge in [-0.25, -0.2) is 0 Å². The molecule has 1 N–H and O–H groups in total. The van der Waals surface area contributed by atoms with E-state index in [0.717, 1.165) is 24.6 Å². The Balaban J connectivity index is 1.85. The molecule has 0 fully saturated rings. The molecule has 6 heteroatoms. The molecule has 132 valence electrons. The highest BCUT2D eigenvalue weighted by atomic mass is 16.3. The van der Waals surface area contributed by atoms with Crippen LogP contribution in [0.15, 0.2) is 45.6 Å². The number of likely N-dealkylation sites (N-methyl/N-ethyl adjacent to an activating group) is 2. The zero-order valence-electron chi connectivity index (χ0n) is 14.7. The minimum atomic E-state index is -0.00670. The lowest BCUT2D eigenvalue weighted by atomic mass is 10.2. The Hall–Kier alpha value is -2.05. The van der Waals surface area contributed by atoms with Crippen molar-refractivity contribution in [2.75, 3.05) is 33.2 Å². The van der Waals surface area contributed by atoms with Gasteiger partial charge in [-0.2, -0.15) is 0 Å². The summed E-state index contributed by atoms with van der Waals surface area (Å²) in [6, 6.07) is 7.64. The average Bonchev–Trinajstić information content (AvgIpc) is 3.24. The number of carbonyl (C=O) groups is 1. The molecule has 0 aliphatic heterocycles. The molecule has 0 radical (unpaired) electrons. The van der Waals surface area contributed by atoms with Crippen molar-refractivity contribution in [3.63, 3.8) is 0 Å². The molecule has 2 aromatic heterocycles. The van der Waals surface area contributed by atoms with E-state index in [0.29, 0.717) is 19.6 Å². The second-order valence-corrected chi connectivity index (χ2v) is 5.81. The molecule has 0 bridgehead atoms. The van der Waals surface area contributed by atoms with Gasteiger partial charge in [0.25, 0.3) is 0 Å². The van der Waals surface area contributed by atoms with E-state index in [4.69, 9.17) is 8.83 Å². The molecule has 0 aliphatic carbocycles. The normalized spacial score (nSPS) is 12.7. The molecule has 1 atom stereocenters. The lowest BCUT2D eigenvalue weighted by Gasteiger charge is -2.28. The second kappa shape index (κ2) is 9.30. The SMILES string of the molecule is CCN(CC)C(CNC(=O)CN(C)Cc1ccco1)c1ccco1. The monoisotopic (exact) mass is 333 g/mol. The first-order valence-electron chi connectivity index (χ1n) is 8.39. The highest BCUT2D eigenvalue weighted by Crippen LogP contribution is 2.20. The Labute approximate surface area is 143 Å². The van der Waals surface area contributed by atoms with Crippen molar-refractivity contribution in [2.45, 2.75) is 26.4 Å². The van der Waals surface area contributed by atoms with Gasteiger partial charge in [-0.1, -0.05) is 13.8 Å². The van der Waals surface area contributed by atoms with Crippen LogP contribution in [0, 0.1) is 0 Å². The smallest absolute Gasteiger partial charge is 0.234 e. The first-order chi connectivity index (χ1) is 11.6. The van der Waals surface area contributed by atoms with Gasteiger partial charge in [0.1, 0.15) is 11.5 Å². The standard InChI is InChI=1S/C18H27N3O3/c1-4-21(5-2)16(17-9-7-11-24-17)12-19-18(22)14-20(3)13-15-8-6-10-23-15/h6-11,16H,4-5,12-14H2,1-3H3,(H,19,22). The minimum absolute atomic E-state index is 0.00670. The van der Waals surface area contributed by atoms with Gasteiger partial charge in [0.15, 0.2) is 0 Å². The molecule has 1 unspecified atom stereocenters. The van der Waals surface area contributed by atoms with Crippen LogP contribution in [0.4, 0.5) is 0 Å². The molecule has 0 spiro atoms. The van der Waals surface area contributed by atoms with Gasteiger partial charge in [-0.15, -0.1) is 0 Å². The number of nitrogens with one attached hydrogen (secondary N) is 1. The molecular weight excluding hydrogens is 306 g/mol. The van der Waals surface area contributed by atoms with Gasteiger partial charge >= 0.3 is 0 Å². The molecule has 0 aliphatic rings. The summed E-state index contributed by atoms with van der Waals surface area (Å²) in [5.41, 5.74) is 0. The van der Waals surface area contributed by atoms with Crippen LogP contribution >= 0.6 is 0 Å². The van der Waals surface area contributed by atoms with Crippen molar-refractivity contribution in [2.24, 2.45) is 0 Å². The molecule has 2 rings (SSSR count). The van der Waals surface area contributed by atoms with E-state index in [2.05, 4.69) is 24.1 Å². The molecule has 1 amide bonds. The Morgan fingerprint density at radius 3 is 2.46 bits per heavy atom. The second-order valence-electron chi connectivity index (χ2n) is 5.81. The van der Waals surface area contributed by atoms with E-state index >= 15 is 0 Å². The summed E-state index contributed by atoms with van der Waals surface area (Å²) in [6.45, 7) is 7.48. The zero-order chi connectivity index (χ0) is 17.4. The number of rotatable bonds is 10. The van der Waals surface area contributed by atoms with E-state index in [1.807, 2.05) is 36.2 Å². The van der Waals surface area contributed by atoms with Crippen LogP contribution in [0.5, 0.6) is 0 Å². The minimum Gasteiger partial charge on any atom is -0.468 e. The third kappa shape index (κ3) is 5.25. The fourth-order valence-corrected chi connectivity index (χ4v) is 2.79. The van der Waals surface area contributed by atoms with Crippen LogP contribution in [-0.4, -0.2) is 48.9 Å². The number of nitrogens with zero attached hydrogens (tertiary/aromatic N) is 2. The Bertz CT molecular complexity index is 577. The van der Waals surface area contributed by atoms with Gasteiger partial charge < -0.3 is 14.2 Å². The molecule has 2 aromatic rings. The third-order valence-electron chi connectivity index (χ3n) is 4.04. The van der Waals surface area contributed by atoms with Crippen molar-refractivity contribution < 1.29 is 13.6 Å². The first kappa shape index (κ1) is 18.3. The zero-order valence-corrected chi connectivity index (χ0v) is 14.7. The summed E-state index contributed by atoms with van der Waals surface area (Å²) in [7, 11) is 1.90. The van der Waals surface area contributed by atoms with Crippen LogP contribution in [0.25, 0.3) is 0 Å². The van der Waals surface area contributed by atoms with E-state index in [1.165, 1.54) is 0 Å². The maximum atomic E-state index is 12.2. The summed E-state index contributed by atoms with van der Waals surface area (Å²) in [5.74, 6) is 1.72. The predicted octanol–water partition coefficient (Wildman–Crippen LogP) is 2.50. The Morgan fingerprint density at radius 2 is 1.88 bits per heavy atom. The number of furan rings is 2. The van der Waals surface area contributed by atoms with Crippen molar-refractivity contribution in [3.05, 3.63) is 48.3 Å². The van der Waals surface area contributed by atoms with Gasteiger partial charge in [0.2, 0.25) is 5.91 Å². The molecule has 0 aromatic carbocycles. The molecule has 0 saturated carbocycles. The van der Waals surface area contributed by atoms with Crippen LogP contribution in [0.3, 0.4) is 0 Å². The first-order valence-corrected chi connectivity index (χ1v) is 8.39. The number of hydrogen-bond acceptors (Lipinski definition) is 5. The maximum absolute atomic E-state index is 12.2. The fraction of sp³-hybridized carbons (Fsp3) is 0.500. The summed E-state index contributed by atoms with van der Waals surface area (Å²) in [6.07, 6.45) is 3.31. The lowest BCUT2D eigenvalue weighted by Crippen LogP contribution is -2.41. The molecule has 6 nitrogen and oxygen atoms in total. The highest BCUT2D eigenvalue weighted by molar-refractivity contribution is 5.78. The van der Waals surface area contributed by atoms with Gasteiger partial charge in [-0.05, 0) is 44.4 Å². The van der Waals surface area contributed by atoms with E-state index in [9.17, 15) is 4.79 Å². The topological polar surface area (TPSA) is 61.9 Å². The quantitative estimate of drug-likeness (QED) is 0.724. The fourth-order valence-electron chi connectivity index (χ4n) is 2.79. The lowest BCUT2D eigenvalue weighted by molar-refractivity contribution is -0.122. The van der Waals surface area contributed by atoms with Gasteiger partial charge in [0, 0.05) is 6.54 Å². The number of carbonyl (C=O) groups excluding carboxylic acids is 1. The molecular formula is C18H27N3O3. The Morgan fingerprint density at radius 1 is 1.17 bits per heavy atom. The predicted molar refractivity (Wildman–Crippen MR) is 92.4 cm³/mol. The maximum Gasteiger partial charge on any atom is 0.234 e. The van der Waals surface area contributed by atoms with Crippen molar-refractivity contribution >= 4 is 5.91 Å². The average molecular weight is 333 g/mol. The molecule has 24 heavy (non-hydrogen) atoms. The van der Waals surface area contributed by atoms with Crippen LogP contribution in [0.1, 0.15) is 31.4 Å². The van der Waals surface area contributed by atoms with Crippen molar-refractivity contribution in [1.82, 2.24) is 15.1 Å². The summed E-state index contributed by atoms with van der Waals surface area (Å²) in [5, 5.41) is 3.02. The largest absolute Gasteiger partial charge is 0.468 e. The summed E-state index contributed by atoms with van der Waals surface area (Å²) in [4.78, 5) is 16.4. The summed E-state index contributed by atoms with van der Waals surface area (Å²) >= 11 is 0. The third-order valence-corrected chi connectivity index (χ3v) is 4.04. The van der Waals surface area contributed by atoms with Crippen molar-refractivity contribution in [1.29, 1.82) is 0 Å². The van der Waals surface area contributed by atoms with E-state index in [-0.39, 0.29) is 11.9 Å². The Kier molecular flexibility index (Phi) is 7.08. The van der Waals surface area contributed by atoms with Crippen LogP contribution in [-0.2, 0) is 11.3 Å². The van der Waals surface area contributed by atoms with Gasteiger partial charge in [0.05, 0.1) is 31.7 Å². The number of amides is 1. The van der Waals surface area contributed by atoms with E-state index < -0.39 is 0 Å². The van der Waals surface area contributed by atoms with Crippen LogP contribution in [0.2, 0.25) is 0 Å². The highest BCUT2D eigenvalue weighted by Gasteiger charge is 2.21. The summed E-state index contributed by atoms with van der Waals surface area (Å²) < 4.78 is 10.8. The molecule has 0 saturated heterocycles. The van der Waals surface area contributed by atoms with Gasteiger partial charge in [-0.3, -0.25) is 14.6 Å². The van der Waals surface area contributed by atoms with E-state index in [1.54, 1.807) is 12.5 Å². The molecule has 2 heterocycles.